The van der Waals surface area contributed by atoms with Crippen LogP contribution in [0.2, 0.25) is 0 Å². The van der Waals surface area contributed by atoms with Crippen molar-refractivity contribution >= 4 is 16.8 Å². The molecule has 1 aromatic carbocycles. The van der Waals surface area contributed by atoms with Gasteiger partial charge in [0.2, 0.25) is 0 Å². The van der Waals surface area contributed by atoms with Crippen LogP contribution in [0.25, 0.3) is 0 Å². The summed E-state index contributed by atoms with van der Waals surface area (Å²) in [6, 6.07) is 8.14. The molecular weight excluding hydrogens is 250 g/mol. The summed E-state index contributed by atoms with van der Waals surface area (Å²) >= 11 is 0. The van der Waals surface area contributed by atoms with Gasteiger partial charge in [0, 0.05) is 10.6 Å². The van der Waals surface area contributed by atoms with Crippen LogP contribution in [0.5, 0.6) is 0 Å². The minimum Gasteiger partial charge on any atom is -0.478 e. The minimum absolute atomic E-state index is 0.174. The van der Waals surface area contributed by atoms with E-state index in [2.05, 4.69) is 6.07 Å². The molecular formula is C13H15NO3S. The molecule has 1 rings (SSSR count). The van der Waals surface area contributed by atoms with Crippen molar-refractivity contribution in [2.45, 2.75) is 25.2 Å². The molecule has 18 heavy (non-hydrogen) atoms. The van der Waals surface area contributed by atoms with Gasteiger partial charge in [0.05, 0.1) is 27.8 Å². The Morgan fingerprint density at radius 2 is 1.94 bits per heavy atom. The third-order valence-corrected chi connectivity index (χ3v) is 3.95. The van der Waals surface area contributed by atoms with E-state index < -0.39 is 22.2 Å². The Kier molecular flexibility index (Phi) is 4.62. The van der Waals surface area contributed by atoms with E-state index in [4.69, 9.17) is 10.4 Å². The lowest BCUT2D eigenvalue weighted by atomic mass is 9.93. The topological polar surface area (TPSA) is 78.2 Å². The van der Waals surface area contributed by atoms with Crippen LogP contribution in [0, 0.1) is 16.7 Å². The van der Waals surface area contributed by atoms with Crippen LogP contribution in [0.4, 0.5) is 0 Å². The first kappa shape index (κ1) is 14.4. The number of carboxylic acids is 1. The van der Waals surface area contributed by atoms with E-state index in [1.807, 2.05) is 0 Å². The average Bonchev–Trinajstić information content (AvgIpc) is 2.36. The van der Waals surface area contributed by atoms with E-state index in [0.29, 0.717) is 17.1 Å². The fraction of sp³-hybridized carbons (Fsp3) is 0.385. The van der Waals surface area contributed by atoms with Crippen LogP contribution in [0.15, 0.2) is 29.2 Å². The summed E-state index contributed by atoms with van der Waals surface area (Å²) in [6.07, 6.45) is 0.538. The predicted octanol–water partition coefficient (Wildman–Crippen LogP) is 2.43. The van der Waals surface area contributed by atoms with E-state index in [1.54, 1.807) is 26.0 Å². The van der Waals surface area contributed by atoms with Gasteiger partial charge in [0.1, 0.15) is 0 Å². The first-order valence-corrected chi connectivity index (χ1v) is 6.80. The van der Waals surface area contributed by atoms with Crippen LogP contribution in [-0.4, -0.2) is 21.0 Å². The van der Waals surface area contributed by atoms with Crippen molar-refractivity contribution in [1.82, 2.24) is 0 Å². The monoisotopic (exact) mass is 265 g/mol. The number of nitriles is 1. The van der Waals surface area contributed by atoms with Gasteiger partial charge in [-0.1, -0.05) is 0 Å². The van der Waals surface area contributed by atoms with Gasteiger partial charge < -0.3 is 5.11 Å². The van der Waals surface area contributed by atoms with Gasteiger partial charge in [-0.15, -0.1) is 0 Å². The van der Waals surface area contributed by atoms with Crippen LogP contribution >= 0.6 is 0 Å². The van der Waals surface area contributed by atoms with Crippen LogP contribution < -0.4 is 0 Å². The molecule has 0 aliphatic rings. The highest BCUT2D eigenvalue weighted by atomic mass is 32.2. The Balaban J connectivity index is 2.69. The van der Waals surface area contributed by atoms with Crippen LogP contribution in [0.3, 0.4) is 0 Å². The van der Waals surface area contributed by atoms with E-state index in [-0.39, 0.29) is 5.56 Å². The maximum Gasteiger partial charge on any atom is 0.335 e. The summed E-state index contributed by atoms with van der Waals surface area (Å²) in [4.78, 5) is 11.3. The van der Waals surface area contributed by atoms with Crippen molar-refractivity contribution in [2.24, 2.45) is 5.41 Å². The summed E-state index contributed by atoms with van der Waals surface area (Å²) in [7, 11) is -1.20. The largest absolute Gasteiger partial charge is 0.478 e. The normalized spacial score (nSPS) is 12.7. The van der Waals surface area contributed by atoms with Crippen molar-refractivity contribution in [1.29, 1.82) is 5.26 Å². The third kappa shape index (κ3) is 3.97. The SMILES string of the molecule is CC(C)(C#N)CCS(=O)c1ccc(C(=O)O)cc1. The number of hydrogen-bond acceptors (Lipinski definition) is 3. The van der Waals surface area contributed by atoms with E-state index in [9.17, 15) is 9.00 Å². The Hall–Kier alpha value is -1.67. The van der Waals surface area contributed by atoms with E-state index in [0.717, 1.165) is 0 Å². The van der Waals surface area contributed by atoms with E-state index in [1.165, 1.54) is 12.1 Å². The number of nitrogens with zero attached hydrogens (tertiary/aromatic N) is 1. The molecule has 0 aliphatic heterocycles. The van der Waals surface area contributed by atoms with E-state index >= 15 is 0 Å². The molecule has 0 heterocycles. The van der Waals surface area contributed by atoms with Crippen LogP contribution in [-0.2, 0) is 10.8 Å². The van der Waals surface area contributed by atoms with Crippen molar-refractivity contribution in [3.05, 3.63) is 29.8 Å². The molecule has 0 aliphatic carbocycles. The summed E-state index contributed by atoms with van der Waals surface area (Å²) in [5, 5.41) is 17.6. The number of benzene rings is 1. The molecule has 1 atom stereocenters. The number of carboxylic acid groups (broad SMARTS) is 1. The molecule has 0 aromatic heterocycles. The molecule has 0 saturated carbocycles. The Morgan fingerprint density at radius 1 is 1.39 bits per heavy atom. The van der Waals surface area contributed by atoms with Gasteiger partial charge in [-0.2, -0.15) is 5.26 Å². The van der Waals surface area contributed by atoms with Crippen molar-refractivity contribution in [2.75, 3.05) is 5.75 Å². The Labute approximate surface area is 109 Å². The van der Waals surface area contributed by atoms with Gasteiger partial charge in [-0.25, -0.2) is 4.79 Å². The quantitative estimate of drug-likeness (QED) is 0.886. The standard InChI is InChI=1S/C13H15NO3S/c1-13(2,9-14)7-8-18(17)11-5-3-10(4-6-11)12(15)16/h3-6H,7-8H2,1-2H3,(H,15,16). The highest BCUT2D eigenvalue weighted by Gasteiger charge is 2.18. The zero-order valence-corrected chi connectivity index (χ0v) is 11.2. The molecule has 96 valence electrons. The summed E-state index contributed by atoms with van der Waals surface area (Å²) in [5.41, 5.74) is -0.315. The molecule has 0 bridgehead atoms. The van der Waals surface area contributed by atoms with Crippen molar-refractivity contribution in [3.63, 3.8) is 0 Å². The average molecular weight is 265 g/mol. The number of aromatic carboxylic acids is 1. The lowest BCUT2D eigenvalue weighted by molar-refractivity contribution is 0.0697. The fourth-order valence-corrected chi connectivity index (χ4v) is 2.64. The molecule has 0 spiro atoms. The first-order chi connectivity index (χ1) is 8.35. The number of carbonyl (C=O) groups is 1. The van der Waals surface area contributed by atoms with Gasteiger partial charge in [-0.05, 0) is 44.5 Å². The second-order valence-corrected chi connectivity index (χ2v) is 6.20. The Bertz CT molecular complexity index is 500. The fourth-order valence-electron chi connectivity index (χ4n) is 1.27. The summed E-state index contributed by atoms with van der Waals surface area (Å²) in [6.45, 7) is 3.61. The highest BCUT2D eigenvalue weighted by Crippen LogP contribution is 2.20. The van der Waals surface area contributed by atoms with Crippen LogP contribution in [0.1, 0.15) is 30.6 Å². The second-order valence-electron chi connectivity index (χ2n) is 4.62. The lowest BCUT2D eigenvalue weighted by Crippen LogP contribution is -2.12. The number of rotatable bonds is 5. The maximum atomic E-state index is 11.9. The zero-order chi connectivity index (χ0) is 13.8. The molecule has 1 N–H and O–H groups in total. The van der Waals surface area contributed by atoms with Gasteiger partial charge in [0.15, 0.2) is 0 Å². The molecule has 1 aromatic rings. The van der Waals surface area contributed by atoms with Crippen molar-refractivity contribution in [3.8, 4) is 6.07 Å². The molecule has 0 fully saturated rings. The molecule has 4 nitrogen and oxygen atoms in total. The zero-order valence-electron chi connectivity index (χ0n) is 10.3. The second kappa shape index (κ2) is 5.78. The third-order valence-electron chi connectivity index (χ3n) is 2.58. The number of hydrogen-bond donors (Lipinski definition) is 1. The smallest absolute Gasteiger partial charge is 0.335 e. The minimum atomic E-state index is -1.20. The van der Waals surface area contributed by atoms with Gasteiger partial charge >= 0.3 is 5.97 Å². The highest BCUT2D eigenvalue weighted by molar-refractivity contribution is 7.85. The molecule has 1 unspecified atom stereocenters. The van der Waals surface area contributed by atoms with Crippen molar-refractivity contribution < 1.29 is 14.1 Å². The summed E-state index contributed by atoms with van der Waals surface area (Å²) < 4.78 is 11.9. The van der Waals surface area contributed by atoms with Gasteiger partial charge in [-0.3, -0.25) is 4.21 Å². The maximum absolute atomic E-state index is 11.9. The van der Waals surface area contributed by atoms with Gasteiger partial charge in [0.25, 0.3) is 0 Å². The lowest BCUT2D eigenvalue weighted by Gasteiger charge is -2.14. The first-order valence-electron chi connectivity index (χ1n) is 5.49. The Morgan fingerprint density at radius 3 is 2.39 bits per heavy atom. The summed E-state index contributed by atoms with van der Waals surface area (Å²) in [5.74, 6) is -0.606. The molecule has 5 heteroatoms. The molecule has 0 amide bonds. The molecule has 0 radical (unpaired) electrons. The predicted molar refractivity (Wildman–Crippen MR) is 68.7 cm³/mol. The molecule has 0 saturated heterocycles.